The molecule has 2 aromatic carbocycles. The molecule has 7 nitrogen and oxygen atoms in total. The van der Waals surface area contributed by atoms with E-state index >= 15 is 0 Å². The first-order chi connectivity index (χ1) is 13.0. The molecule has 144 valence electrons. The Morgan fingerprint density at radius 3 is 2.37 bits per heavy atom. The molecule has 0 saturated heterocycles. The van der Waals surface area contributed by atoms with Gasteiger partial charge in [-0.1, -0.05) is 19.9 Å². The van der Waals surface area contributed by atoms with Crippen molar-refractivity contribution in [2.45, 2.75) is 25.3 Å². The Morgan fingerprint density at radius 1 is 1.04 bits per heavy atom. The average molecular weight is 391 g/mol. The number of carbonyl (C=O) groups excluding carboxylic acids is 1. The van der Waals surface area contributed by atoms with Gasteiger partial charge >= 0.3 is 5.97 Å². The van der Waals surface area contributed by atoms with Crippen molar-refractivity contribution >= 4 is 16.0 Å². The van der Waals surface area contributed by atoms with E-state index in [-0.39, 0.29) is 23.9 Å². The van der Waals surface area contributed by atoms with Gasteiger partial charge in [-0.3, -0.25) is 0 Å². The molecule has 0 fully saturated rings. The van der Waals surface area contributed by atoms with E-state index in [0.29, 0.717) is 24.6 Å². The van der Waals surface area contributed by atoms with Gasteiger partial charge in [0.1, 0.15) is 6.61 Å². The lowest BCUT2D eigenvalue weighted by molar-refractivity contribution is 0.0472. The first kappa shape index (κ1) is 19.2. The number of benzene rings is 2. The van der Waals surface area contributed by atoms with Crippen LogP contribution in [-0.2, 0) is 21.4 Å². The minimum atomic E-state index is -3.55. The Bertz CT molecular complexity index is 920. The summed E-state index contributed by atoms with van der Waals surface area (Å²) in [7, 11) is -3.55. The number of fused-ring (bicyclic) bond motifs is 1. The van der Waals surface area contributed by atoms with Crippen molar-refractivity contribution in [3.63, 3.8) is 0 Å². The van der Waals surface area contributed by atoms with Crippen LogP contribution < -0.4 is 9.47 Å². The van der Waals surface area contributed by atoms with Crippen molar-refractivity contribution in [3.05, 3.63) is 53.6 Å². The van der Waals surface area contributed by atoms with Crippen LogP contribution in [0.3, 0.4) is 0 Å². The van der Waals surface area contributed by atoms with Gasteiger partial charge in [0.05, 0.1) is 10.5 Å². The first-order valence-electron chi connectivity index (χ1n) is 8.61. The lowest BCUT2D eigenvalue weighted by atomic mass is 10.2. The first-order valence-corrected chi connectivity index (χ1v) is 10.1. The van der Waals surface area contributed by atoms with Crippen molar-refractivity contribution in [3.8, 4) is 11.5 Å². The Hall–Kier alpha value is -2.58. The maximum absolute atomic E-state index is 12.5. The molecule has 3 rings (SSSR count). The minimum Gasteiger partial charge on any atom is -0.457 e. The summed E-state index contributed by atoms with van der Waals surface area (Å²) in [5.74, 6) is 0.754. The smallest absolute Gasteiger partial charge is 0.338 e. The van der Waals surface area contributed by atoms with Crippen molar-refractivity contribution in [1.29, 1.82) is 0 Å². The predicted octanol–water partition coefficient (Wildman–Crippen LogP) is 2.80. The highest BCUT2D eigenvalue weighted by Gasteiger charge is 2.22. The summed E-state index contributed by atoms with van der Waals surface area (Å²) in [6.45, 7) is 4.60. The van der Waals surface area contributed by atoms with Crippen molar-refractivity contribution in [2.24, 2.45) is 0 Å². The van der Waals surface area contributed by atoms with E-state index in [2.05, 4.69) is 0 Å². The van der Waals surface area contributed by atoms with Gasteiger partial charge in [-0.05, 0) is 42.0 Å². The molecule has 2 aromatic rings. The van der Waals surface area contributed by atoms with E-state index in [9.17, 15) is 13.2 Å². The largest absolute Gasteiger partial charge is 0.457 e. The van der Waals surface area contributed by atoms with E-state index in [4.69, 9.17) is 14.2 Å². The quantitative estimate of drug-likeness (QED) is 0.675. The summed E-state index contributed by atoms with van der Waals surface area (Å²) < 4.78 is 42.1. The Labute approximate surface area is 158 Å². The summed E-state index contributed by atoms with van der Waals surface area (Å²) in [5, 5.41) is 0. The highest BCUT2D eigenvalue weighted by molar-refractivity contribution is 7.89. The summed E-state index contributed by atoms with van der Waals surface area (Å²) in [6.07, 6.45) is 0. The third kappa shape index (κ3) is 4.06. The van der Waals surface area contributed by atoms with Crippen molar-refractivity contribution in [1.82, 2.24) is 4.31 Å². The molecule has 0 atom stereocenters. The minimum absolute atomic E-state index is 0.0783. The van der Waals surface area contributed by atoms with Gasteiger partial charge in [-0.15, -0.1) is 0 Å². The second-order valence-corrected chi connectivity index (χ2v) is 7.82. The molecule has 0 N–H and O–H groups in total. The van der Waals surface area contributed by atoms with Crippen LogP contribution in [0.5, 0.6) is 11.5 Å². The fourth-order valence-electron chi connectivity index (χ4n) is 2.74. The highest BCUT2D eigenvalue weighted by Crippen LogP contribution is 2.32. The van der Waals surface area contributed by atoms with Crippen LogP contribution in [-0.4, -0.2) is 38.6 Å². The van der Waals surface area contributed by atoms with Crippen LogP contribution in [0.15, 0.2) is 47.4 Å². The van der Waals surface area contributed by atoms with Gasteiger partial charge < -0.3 is 14.2 Å². The zero-order chi connectivity index (χ0) is 19.4. The Kier molecular flexibility index (Phi) is 5.67. The predicted molar refractivity (Wildman–Crippen MR) is 98.2 cm³/mol. The van der Waals surface area contributed by atoms with E-state index in [1.165, 1.54) is 28.6 Å². The van der Waals surface area contributed by atoms with Crippen molar-refractivity contribution < 1.29 is 27.4 Å². The number of rotatable bonds is 7. The molecular weight excluding hydrogens is 370 g/mol. The normalized spacial score (nSPS) is 13.0. The van der Waals surface area contributed by atoms with E-state index in [1.807, 2.05) is 0 Å². The number of hydrogen-bond acceptors (Lipinski definition) is 6. The molecule has 1 aliphatic rings. The number of ether oxygens (including phenoxy) is 3. The molecule has 0 amide bonds. The second kappa shape index (κ2) is 7.98. The van der Waals surface area contributed by atoms with E-state index < -0.39 is 16.0 Å². The van der Waals surface area contributed by atoms with Crippen LogP contribution in [0.25, 0.3) is 0 Å². The van der Waals surface area contributed by atoms with Gasteiger partial charge in [0.25, 0.3) is 0 Å². The molecule has 0 spiro atoms. The lowest BCUT2D eigenvalue weighted by Crippen LogP contribution is -2.30. The van der Waals surface area contributed by atoms with E-state index in [0.717, 1.165) is 5.56 Å². The summed E-state index contributed by atoms with van der Waals surface area (Å²) in [6, 6.07) is 11.1. The van der Waals surface area contributed by atoms with Crippen LogP contribution in [0.1, 0.15) is 29.8 Å². The Balaban J connectivity index is 1.65. The molecule has 0 aliphatic carbocycles. The SMILES string of the molecule is CCN(CC)S(=O)(=O)c1ccc(C(=O)OCc2ccc3c(c2)OCO3)cc1. The van der Waals surface area contributed by atoms with Crippen molar-refractivity contribution in [2.75, 3.05) is 19.9 Å². The number of nitrogens with zero attached hydrogens (tertiary/aromatic N) is 1. The van der Waals surface area contributed by atoms with E-state index in [1.54, 1.807) is 32.0 Å². The van der Waals surface area contributed by atoms with Gasteiger partial charge in [0.15, 0.2) is 11.5 Å². The van der Waals surface area contributed by atoms with Crippen LogP contribution >= 0.6 is 0 Å². The van der Waals surface area contributed by atoms with Crippen LogP contribution in [0, 0.1) is 0 Å². The molecule has 0 radical (unpaired) electrons. The summed E-state index contributed by atoms with van der Waals surface area (Å²) in [5.41, 5.74) is 1.06. The van der Waals surface area contributed by atoms with Gasteiger partial charge in [-0.2, -0.15) is 4.31 Å². The average Bonchev–Trinajstić information content (AvgIpc) is 3.14. The molecule has 1 heterocycles. The number of hydrogen-bond donors (Lipinski definition) is 0. The summed E-state index contributed by atoms with van der Waals surface area (Å²) >= 11 is 0. The third-order valence-electron chi connectivity index (χ3n) is 4.24. The number of esters is 1. The highest BCUT2D eigenvalue weighted by atomic mass is 32.2. The van der Waals surface area contributed by atoms with Crippen LogP contribution in [0.2, 0.25) is 0 Å². The second-order valence-electron chi connectivity index (χ2n) is 5.88. The molecule has 0 aromatic heterocycles. The van der Waals surface area contributed by atoms with Gasteiger partial charge in [0.2, 0.25) is 16.8 Å². The molecule has 0 saturated carbocycles. The fraction of sp³-hybridized carbons (Fsp3) is 0.316. The lowest BCUT2D eigenvalue weighted by Gasteiger charge is -2.18. The molecule has 1 aliphatic heterocycles. The molecule has 0 unspecified atom stereocenters. The zero-order valence-electron chi connectivity index (χ0n) is 15.2. The van der Waals surface area contributed by atoms with Crippen LogP contribution in [0.4, 0.5) is 0 Å². The molecule has 27 heavy (non-hydrogen) atoms. The number of carbonyl (C=O) groups is 1. The summed E-state index contributed by atoms with van der Waals surface area (Å²) in [4.78, 5) is 12.4. The fourth-order valence-corrected chi connectivity index (χ4v) is 4.20. The Morgan fingerprint density at radius 2 is 1.70 bits per heavy atom. The monoisotopic (exact) mass is 391 g/mol. The molecule has 8 heteroatoms. The van der Waals surface area contributed by atoms with Gasteiger partial charge in [-0.25, -0.2) is 13.2 Å². The van der Waals surface area contributed by atoms with Gasteiger partial charge in [0, 0.05) is 13.1 Å². The molecule has 0 bridgehead atoms. The third-order valence-corrected chi connectivity index (χ3v) is 6.30. The maximum Gasteiger partial charge on any atom is 0.338 e. The zero-order valence-corrected chi connectivity index (χ0v) is 16.0. The molecular formula is C19H21NO6S. The topological polar surface area (TPSA) is 82.1 Å². The number of sulfonamides is 1. The standard InChI is InChI=1S/C19H21NO6S/c1-3-20(4-2)27(22,23)16-8-6-15(7-9-16)19(21)24-12-14-5-10-17-18(11-14)26-13-25-17/h5-11H,3-4,12-13H2,1-2H3. The maximum atomic E-state index is 12.5.